The van der Waals surface area contributed by atoms with E-state index >= 15 is 0 Å². The van der Waals surface area contributed by atoms with Gasteiger partial charge < -0.3 is 4.74 Å². The van der Waals surface area contributed by atoms with E-state index in [0.29, 0.717) is 11.2 Å². The summed E-state index contributed by atoms with van der Waals surface area (Å²) >= 11 is 0. The van der Waals surface area contributed by atoms with Crippen molar-refractivity contribution in [1.82, 2.24) is 14.6 Å². The van der Waals surface area contributed by atoms with Crippen molar-refractivity contribution in [2.45, 2.75) is 27.2 Å². The minimum Gasteiger partial charge on any atom is -0.465 e. The van der Waals surface area contributed by atoms with Crippen LogP contribution in [-0.2, 0) is 11.2 Å². The van der Waals surface area contributed by atoms with Gasteiger partial charge in [-0.3, -0.25) is 0 Å². The summed E-state index contributed by atoms with van der Waals surface area (Å²) in [6.07, 6.45) is 2.54. The summed E-state index contributed by atoms with van der Waals surface area (Å²) < 4.78 is 6.35. The van der Waals surface area contributed by atoms with Crippen molar-refractivity contribution < 1.29 is 9.53 Å². The molecule has 0 aliphatic heterocycles. The molecule has 5 heteroatoms. The van der Waals surface area contributed by atoms with E-state index in [4.69, 9.17) is 4.74 Å². The van der Waals surface area contributed by atoms with Gasteiger partial charge in [0.2, 0.25) is 0 Å². The Kier molecular flexibility index (Phi) is 3.07. The van der Waals surface area contributed by atoms with E-state index in [0.717, 1.165) is 12.2 Å². The van der Waals surface area contributed by atoms with E-state index < -0.39 is 5.97 Å². The van der Waals surface area contributed by atoms with Crippen LogP contribution in [0.5, 0.6) is 0 Å². The van der Waals surface area contributed by atoms with Crippen molar-refractivity contribution in [1.29, 1.82) is 0 Å². The highest BCUT2D eigenvalue weighted by molar-refractivity contribution is 5.95. The normalized spacial score (nSPS) is 11.8. The summed E-state index contributed by atoms with van der Waals surface area (Å²) in [5.41, 5.74) is 1.09. The van der Waals surface area contributed by atoms with Crippen LogP contribution in [0.2, 0.25) is 0 Å². The summed E-state index contributed by atoms with van der Waals surface area (Å²) in [6.45, 7) is 6.37. The fraction of sp³-hybridized carbons (Fsp3) is 0.462. The molecular formula is C13H17N3O2. The molecular weight excluding hydrogens is 230 g/mol. The standard InChI is InChI=1S/C13H17N3O2/c1-13(2,3)8-10-14-11-9(12(17)18-4)6-5-7-16(11)15-10/h5-7H,8H2,1-4H3. The lowest BCUT2D eigenvalue weighted by Gasteiger charge is -2.14. The third-order valence-corrected chi connectivity index (χ3v) is 2.50. The lowest BCUT2D eigenvalue weighted by molar-refractivity contribution is 0.0602. The average Bonchev–Trinajstić information content (AvgIpc) is 2.66. The number of rotatable bonds is 2. The van der Waals surface area contributed by atoms with Gasteiger partial charge in [0, 0.05) is 12.6 Å². The summed E-state index contributed by atoms with van der Waals surface area (Å²) in [6, 6.07) is 3.45. The van der Waals surface area contributed by atoms with Crippen molar-refractivity contribution in [3.05, 3.63) is 29.7 Å². The number of aromatic nitrogens is 3. The molecule has 2 heterocycles. The minimum atomic E-state index is -0.393. The zero-order valence-electron chi connectivity index (χ0n) is 11.1. The van der Waals surface area contributed by atoms with E-state index in [1.165, 1.54) is 7.11 Å². The molecule has 0 unspecified atom stereocenters. The van der Waals surface area contributed by atoms with Crippen LogP contribution in [0.4, 0.5) is 0 Å². The van der Waals surface area contributed by atoms with E-state index in [1.807, 2.05) is 0 Å². The fourth-order valence-electron chi connectivity index (χ4n) is 1.77. The largest absolute Gasteiger partial charge is 0.465 e. The number of esters is 1. The van der Waals surface area contributed by atoms with E-state index in [9.17, 15) is 4.79 Å². The maximum Gasteiger partial charge on any atom is 0.341 e. The van der Waals surface area contributed by atoms with Gasteiger partial charge in [-0.1, -0.05) is 20.8 Å². The van der Waals surface area contributed by atoms with Crippen LogP contribution in [-0.4, -0.2) is 27.7 Å². The molecule has 2 aromatic rings. The molecule has 5 nitrogen and oxygen atoms in total. The van der Waals surface area contributed by atoms with Crippen LogP contribution in [0, 0.1) is 5.41 Å². The monoisotopic (exact) mass is 247 g/mol. The zero-order valence-corrected chi connectivity index (χ0v) is 11.1. The molecule has 2 rings (SSSR count). The maximum absolute atomic E-state index is 11.6. The molecule has 0 amide bonds. The van der Waals surface area contributed by atoms with Crippen molar-refractivity contribution in [2.75, 3.05) is 7.11 Å². The number of ether oxygens (including phenoxy) is 1. The molecule has 0 radical (unpaired) electrons. The first-order valence-electron chi connectivity index (χ1n) is 5.83. The second-order valence-corrected chi connectivity index (χ2v) is 5.45. The Hall–Kier alpha value is -1.91. The third-order valence-electron chi connectivity index (χ3n) is 2.50. The molecule has 0 atom stereocenters. The second kappa shape index (κ2) is 4.40. The van der Waals surface area contributed by atoms with Crippen LogP contribution in [0.3, 0.4) is 0 Å². The number of hydrogen-bond acceptors (Lipinski definition) is 4. The van der Waals surface area contributed by atoms with Gasteiger partial charge in [0.25, 0.3) is 0 Å². The van der Waals surface area contributed by atoms with Crippen LogP contribution < -0.4 is 0 Å². The molecule has 0 aliphatic carbocycles. The molecule has 2 aromatic heterocycles. The van der Waals surface area contributed by atoms with Crippen molar-refractivity contribution in [3.8, 4) is 0 Å². The number of fused-ring (bicyclic) bond motifs is 1. The summed E-state index contributed by atoms with van der Waals surface area (Å²) in [5.74, 6) is 0.342. The molecule has 0 saturated carbocycles. The van der Waals surface area contributed by atoms with E-state index in [1.54, 1.807) is 22.8 Å². The number of hydrogen-bond donors (Lipinski definition) is 0. The van der Waals surface area contributed by atoms with Gasteiger partial charge in [-0.25, -0.2) is 14.3 Å². The van der Waals surface area contributed by atoms with E-state index in [2.05, 4.69) is 30.9 Å². The predicted octanol–water partition coefficient (Wildman–Crippen LogP) is 2.10. The highest BCUT2D eigenvalue weighted by atomic mass is 16.5. The molecule has 0 aliphatic rings. The van der Waals surface area contributed by atoms with Crippen LogP contribution in [0.15, 0.2) is 18.3 Å². The fourth-order valence-corrected chi connectivity index (χ4v) is 1.77. The Morgan fingerprint density at radius 1 is 1.44 bits per heavy atom. The summed E-state index contributed by atoms with van der Waals surface area (Å²) in [7, 11) is 1.36. The molecule has 96 valence electrons. The van der Waals surface area contributed by atoms with Gasteiger partial charge >= 0.3 is 5.97 Å². The highest BCUT2D eigenvalue weighted by Gasteiger charge is 2.18. The molecule has 0 spiro atoms. The van der Waals surface area contributed by atoms with Crippen LogP contribution in [0.1, 0.15) is 37.0 Å². The average molecular weight is 247 g/mol. The third kappa shape index (κ3) is 2.50. The predicted molar refractivity (Wildman–Crippen MR) is 67.5 cm³/mol. The van der Waals surface area contributed by atoms with Gasteiger partial charge in [0.1, 0.15) is 5.56 Å². The first-order chi connectivity index (χ1) is 8.40. The van der Waals surface area contributed by atoms with Gasteiger partial charge in [0.15, 0.2) is 11.5 Å². The van der Waals surface area contributed by atoms with Gasteiger partial charge in [0.05, 0.1) is 7.11 Å². The number of nitrogens with zero attached hydrogens (tertiary/aromatic N) is 3. The van der Waals surface area contributed by atoms with Gasteiger partial charge in [-0.2, -0.15) is 5.10 Å². The van der Waals surface area contributed by atoms with E-state index in [-0.39, 0.29) is 5.41 Å². The summed E-state index contributed by atoms with van der Waals surface area (Å²) in [4.78, 5) is 16.0. The Bertz CT molecular complexity index is 581. The number of methoxy groups -OCH3 is 1. The van der Waals surface area contributed by atoms with Gasteiger partial charge in [-0.05, 0) is 17.5 Å². The van der Waals surface area contributed by atoms with Crippen LogP contribution >= 0.6 is 0 Å². The van der Waals surface area contributed by atoms with Crippen molar-refractivity contribution in [2.24, 2.45) is 5.41 Å². The SMILES string of the molecule is COC(=O)c1cccn2nc(CC(C)(C)C)nc12. The molecule has 0 N–H and O–H groups in total. The molecule has 0 fully saturated rings. The number of pyridine rings is 1. The second-order valence-electron chi connectivity index (χ2n) is 5.45. The summed E-state index contributed by atoms with van der Waals surface area (Å²) in [5, 5.41) is 4.37. The number of carbonyl (C=O) groups is 1. The zero-order chi connectivity index (χ0) is 13.3. The lowest BCUT2D eigenvalue weighted by atomic mass is 9.92. The Labute approximate surface area is 106 Å². The first kappa shape index (κ1) is 12.5. The topological polar surface area (TPSA) is 56.5 Å². The molecule has 0 aromatic carbocycles. The maximum atomic E-state index is 11.6. The lowest BCUT2D eigenvalue weighted by Crippen LogP contribution is -2.10. The first-order valence-corrected chi connectivity index (χ1v) is 5.83. The molecule has 0 bridgehead atoms. The minimum absolute atomic E-state index is 0.108. The van der Waals surface area contributed by atoms with Crippen molar-refractivity contribution >= 4 is 11.6 Å². The number of carbonyl (C=O) groups excluding carboxylic acids is 1. The molecule has 18 heavy (non-hydrogen) atoms. The van der Waals surface area contributed by atoms with Gasteiger partial charge in [-0.15, -0.1) is 0 Å². The quantitative estimate of drug-likeness (QED) is 0.763. The Balaban J connectivity index is 2.48. The Morgan fingerprint density at radius 3 is 2.78 bits per heavy atom. The Morgan fingerprint density at radius 2 is 2.17 bits per heavy atom. The van der Waals surface area contributed by atoms with Crippen LogP contribution in [0.25, 0.3) is 5.65 Å². The smallest absolute Gasteiger partial charge is 0.341 e. The highest BCUT2D eigenvalue weighted by Crippen LogP contribution is 2.19. The van der Waals surface area contributed by atoms with Crippen molar-refractivity contribution in [3.63, 3.8) is 0 Å². The molecule has 0 saturated heterocycles.